The van der Waals surface area contributed by atoms with E-state index in [-0.39, 0.29) is 17.6 Å². The zero-order chi connectivity index (χ0) is 55.0. The van der Waals surface area contributed by atoms with Gasteiger partial charge in [-0.3, -0.25) is 4.79 Å². The van der Waals surface area contributed by atoms with Gasteiger partial charge < -0.3 is 9.73 Å². The van der Waals surface area contributed by atoms with Crippen molar-refractivity contribution in [3.8, 4) is 33.4 Å². The second-order valence-corrected chi connectivity index (χ2v) is 22.5. The van der Waals surface area contributed by atoms with Gasteiger partial charge in [0.05, 0.1) is 6.26 Å². The van der Waals surface area contributed by atoms with E-state index in [0.29, 0.717) is 0 Å². The fraction of sp³-hybridized carbons (Fsp3) is 0.424. The fourth-order valence-electron chi connectivity index (χ4n) is 7.63. The van der Waals surface area contributed by atoms with E-state index in [1.807, 2.05) is 57.2 Å². The van der Waals surface area contributed by atoms with Crippen molar-refractivity contribution in [1.82, 2.24) is 5.32 Å². The van der Waals surface area contributed by atoms with Gasteiger partial charge in [0.25, 0.3) is 0 Å². The van der Waals surface area contributed by atoms with Crippen molar-refractivity contribution in [3.63, 3.8) is 0 Å². The number of amides is 1. The van der Waals surface area contributed by atoms with Gasteiger partial charge in [-0.2, -0.15) is 0 Å². The van der Waals surface area contributed by atoms with Crippen molar-refractivity contribution in [3.05, 3.63) is 186 Å². The molecule has 7 aromatic rings. The number of hydrogen-bond acceptors (Lipinski definition) is 2. The van der Waals surface area contributed by atoms with Gasteiger partial charge >= 0.3 is 0 Å². The first-order valence-corrected chi connectivity index (χ1v) is 28.6. The van der Waals surface area contributed by atoms with Crippen LogP contribution in [0.15, 0.2) is 174 Å². The Kier molecular flexibility index (Phi) is 31.1. The van der Waals surface area contributed by atoms with Crippen LogP contribution in [0, 0.1) is 35.4 Å². The first-order chi connectivity index (χ1) is 35.9. The van der Waals surface area contributed by atoms with Crippen molar-refractivity contribution in [2.24, 2.45) is 29.6 Å². The van der Waals surface area contributed by atoms with Crippen LogP contribution in [0.25, 0.3) is 33.4 Å². The SMILES string of the molecule is CC(C)CCC[n+]1ccc(-c2ccc(Br)cc2)cc1.CC(C)CCC[n+]1ccc(-c2ccc(Cl)cc2)cc1.CC(C)CCC[n+]1ccc(-c2ccc(F)cc2)cc1.CC(C)CCc1ccco1.CCNC(=O)C(C)C. The number of nitrogens with zero attached hydrogens (tertiary/aromatic N) is 3. The predicted molar refractivity (Wildman–Crippen MR) is 316 cm³/mol. The second-order valence-electron chi connectivity index (χ2n) is 21.2. The van der Waals surface area contributed by atoms with E-state index in [9.17, 15) is 9.18 Å². The summed E-state index contributed by atoms with van der Waals surface area (Å²) in [7, 11) is 0. The van der Waals surface area contributed by atoms with Gasteiger partial charge in [-0.05, 0) is 138 Å². The van der Waals surface area contributed by atoms with Crippen molar-refractivity contribution in [2.75, 3.05) is 6.54 Å². The summed E-state index contributed by atoms with van der Waals surface area (Å²) < 4.78 is 25.9. The highest BCUT2D eigenvalue weighted by Crippen LogP contribution is 2.22. The van der Waals surface area contributed by atoms with Crippen LogP contribution in [-0.4, -0.2) is 12.5 Å². The van der Waals surface area contributed by atoms with Crippen LogP contribution < -0.4 is 19.0 Å². The lowest BCUT2D eigenvalue weighted by molar-refractivity contribution is -0.697. The number of carbonyl (C=O) groups excluding carboxylic acids is 1. The van der Waals surface area contributed by atoms with Gasteiger partial charge in [0, 0.05) is 84.0 Å². The number of hydrogen-bond donors (Lipinski definition) is 1. The summed E-state index contributed by atoms with van der Waals surface area (Å²) in [5.41, 5.74) is 7.15. The Morgan fingerprint density at radius 3 is 1.17 bits per heavy atom. The molecule has 6 nitrogen and oxygen atoms in total. The maximum absolute atomic E-state index is 12.9. The lowest BCUT2D eigenvalue weighted by Crippen LogP contribution is -2.32. The molecule has 4 heterocycles. The van der Waals surface area contributed by atoms with E-state index >= 15 is 0 Å². The van der Waals surface area contributed by atoms with Crippen LogP contribution in [0.1, 0.15) is 127 Å². The molecule has 0 unspecified atom stereocenters. The van der Waals surface area contributed by atoms with Crippen LogP contribution >= 0.6 is 27.5 Å². The molecule has 0 aliphatic heterocycles. The van der Waals surface area contributed by atoms with Crippen molar-refractivity contribution in [1.29, 1.82) is 0 Å². The van der Waals surface area contributed by atoms with E-state index in [1.54, 1.807) is 6.26 Å². The average molecular weight is 1110 g/mol. The quantitative estimate of drug-likeness (QED) is 0.0774. The van der Waals surface area contributed by atoms with Gasteiger partial charge in [0.15, 0.2) is 37.2 Å². The van der Waals surface area contributed by atoms with Gasteiger partial charge in [0.2, 0.25) is 5.91 Å². The summed E-state index contributed by atoms with van der Waals surface area (Å²) in [5.74, 6) is 4.28. The molecule has 0 aliphatic carbocycles. The summed E-state index contributed by atoms with van der Waals surface area (Å²) >= 11 is 9.37. The molecule has 75 heavy (non-hydrogen) atoms. The first kappa shape index (κ1) is 63.8. The van der Waals surface area contributed by atoms with Crippen LogP contribution in [0.5, 0.6) is 0 Å². The van der Waals surface area contributed by atoms with Gasteiger partial charge in [-0.1, -0.05) is 133 Å². The Labute approximate surface area is 466 Å². The molecule has 3 aromatic carbocycles. The zero-order valence-electron chi connectivity index (χ0n) is 47.3. The molecule has 1 N–H and O–H groups in total. The minimum Gasteiger partial charge on any atom is -0.469 e. The lowest BCUT2D eigenvalue weighted by atomic mass is 10.1. The highest BCUT2D eigenvalue weighted by atomic mass is 79.9. The summed E-state index contributed by atoms with van der Waals surface area (Å²) in [6.45, 7) is 27.7. The molecular formula is C66H90BrClFN4O2+3. The van der Waals surface area contributed by atoms with E-state index < -0.39 is 0 Å². The zero-order valence-corrected chi connectivity index (χ0v) is 49.6. The van der Waals surface area contributed by atoms with Gasteiger partial charge in [-0.25, -0.2) is 18.1 Å². The molecule has 0 saturated carbocycles. The third-order valence-corrected chi connectivity index (χ3v) is 13.0. The normalized spacial score (nSPS) is 10.8. The molecule has 404 valence electrons. The molecule has 0 saturated heterocycles. The number of halogens is 3. The third kappa shape index (κ3) is 28.3. The molecule has 0 fully saturated rings. The smallest absolute Gasteiger partial charge is 0.222 e. The summed E-state index contributed by atoms with van der Waals surface area (Å²) in [6, 6.07) is 39.9. The molecule has 7 rings (SSSR count). The number of aryl methyl sites for hydroxylation is 4. The third-order valence-electron chi connectivity index (χ3n) is 12.2. The van der Waals surface area contributed by atoms with Crippen LogP contribution in [0.3, 0.4) is 0 Å². The Morgan fingerprint density at radius 2 is 0.867 bits per heavy atom. The van der Waals surface area contributed by atoms with E-state index in [0.717, 1.165) is 82.7 Å². The van der Waals surface area contributed by atoms with Crippen molar-refractivity contribution < 1.29 is 27.3 Å². The fourth-order valence-corrected chi connectivity index (χ4v) is 8.02. The van der Waals surface area contributed by atoms with Crippen molar-refractivity contribution >= 4 is 33.4 Å². The average Bonchev–Trinajstić information content (AvgIpc) is 3.92. The number of benzene rings is 3. The predicted octanol–water partition coefficient (Wildman–Crippen LogP) is 17.4. The van der Waals surface area contributed by atoms with E-state index in [2.05, 4.69) is 200 Å². The second kappa shape index (κ2) is 36.5. The molecule has 0 bridgehead atoms. The maximum Gasteiger partial charge on any atom is 0.222 e. The lowest BCUT2D eigenvalue weighted by Gasteiger charge is -2.03. The van der Waals surface area contributed by atoms with E-state index in [1.165, 1.54) is 79.3 Å². The number of rotatable bonds is 20. The van der Waals surface area contributed by atoms with E-state index in [4.69, 9.17) is 16.0 Å². The topological polar surface area (TPSA) is 53.9 Å². The van der Waals surface area contributed by atoms with Crippen LogP contribution in [0.2, 0.25) is 5.02 Å². The number of nitrogens with one attached hydrogen (secondary N) is 1. The highest BCUT2D eigenvalue weighted by Gasteiger charge is 2.08. The summed E-state index contributed by atoms with van der Waals surface area (Å²) in [4.78, 5) is 10.6. The van der Waals surface area contributed by atoms with Gasteiger partial charge in [-0.15, -0.1) is 0 Å². The molecule has 0 atom stereocenters. The maximum atomic E-state index is 12.9. The largest absolute Gasteiger partial charge is 0.469 e. The highest BCUT2D eigenvalue weighted by molar-refractivity contribution is 9.10. The Bertz CT molecular complexity index is 2290. The standard InChI is InChI=1S/C17H21BrN.C17H21ClN.C17H21FN.C9H14O.C6H13NO/c3*1-14(2)4-3-11-19-12-9-16(10-13-19)15-5-7-17(18)8-6-15;1-8(2)5-6-9-4-3-7-10-9;1-4-7-6(8)5(2)3/h3*5-10,12-14H,3-4,11H2,1-2H3;3-4,7-8H,5-6H2,1-2H3;5H,4H2,1-3H3,(H,7,8)/q3*+1;;. The summed E-state index contributed by atoms with van der Waals surface area (Å²) in [6.07, 6.45) is 24.4. The Morgan fingerprint density at radius 1 is 0.520 bits per heavy atom. The number of furan rings is 1. The Balaban J connectivity index is 0.000000256. The van der Waals surface area contributed by atoms with Gasteiger partial charge in [0.1, 0.15) is 31.2 Å². The summed E-state index contributed by atoms with van der Waals surface area (Å²) in [5, 5.41) is 3.49. The monoisotopic (exact) mass is 1100 g/mol. The minimum atomic E-state index is -0.191. The number of carbonyl (C=O) groups is 1. The molecule has 1 amide bonds. The minimum absolute atomic E-state index is 0.120. The van der Waals surface area contributed by atoms with Crippen molar-refractivity contribution in [2.45, 2.75) is 147 Å². The van der Waals surface area contributed by atoms with Crippen LogP contribution in [-0.2, 0) is 30.8 Å². The molecule has 0 aliphatic rings. The number of aromatic nitrogens is 3. The molecule has 0 radical (unpaired) electrons. The molecule has 0 spiro atoms. The molecule has 9 heteroatoms. The first-order valence-electron chi connectivity index (χ1n) is 27.5. The number of pyridine rings is 3. The van der Waals surface area contributed by atoms with Crippen LogP contribution in [0.4, 0.5) is 4.39 Å². The molecule has 4 aromatic heterocycles. The molecular weight excluding hydrogens is 1020 g/mol. The Hall–Kier alpha value is -5.44.